The molecule has 0 N–H and O–H groups in total. The predicted molar refractivity (Wildman–Crippen MR) is 108 cm³/mol. The van der Waals surface area contributed by atoms with E-state index in [0.717, 1.165) is 0 Å². The Bertz CT molecular complexity index is 792. The summed E-state index contributed by atoms with van der Waals surface area (Å²) in [5, 5.41) is 0. The van der Waals surface area contributed by atoms with Crippen LogP contribution in [0.2, 0.25) is 0 Å². The second kappa shape index (κ2) is 5.69. The molecule has 0 bridgehead atoms. The summed E-state index contributed by atoms with van der Waals surface area (Å²) < 4.78 is 0. The third-order valence-corrected chi connectivity index (χ3v) is 6.52. The molecule has 0 spiro atoms. The van der Waals surface area contributed by atoms with Crippen molar-refractivity contribution in [3.63, 3.8) is 0 Å². The van der Waals surface area contributed by atoms with E-state index in [0.29, 0.717) is 6.17 Å². The number of anilines is 4. The van der Waals surface area contributed by atoms with Crippen molar-refractivity contribution in [1.82, 2.24) is 0 Å². The average Bonchev–Trinajstić information content (AvgIpc) is 2.93. The molecule has 3 heteroatoms. The fourth-order valence-corrected chi connectivity index (χ4v) is 4.80. The van der Waals surface area contributed by atoms with Crippen LogP contribution in [0.25, 0.3) is 0 Å². The first-order chi connectivity index (χ1) is 12.0. The van der Waals surface area contributed by atoms with Crippen LogP contribution in [-0.4, -0.2) is 27.3 Å². The monoisotopic (exact) mass is 335 g/mol. The minimum Gasteiger partial charge on any atom is -0.378 e. The Labute approximate surface area is 151 Å². The van der Waals surface area contributed by atoms with E-state index in [1.54, 1.807) is 0 Å². The van der Waals surface area contributed by atoms with Gasteiger partial charge in [0.05, 0.1) is 11.4 Å². The summed E-state index contributed by atoms with van der Waals surface area (Å²) >= 11 is 0. The van der Waals surface area contributed by atoms with Crippen molar-refractivity contribution in [2.24, 2.45) is 0 Å². The fourth-order valence-electron chi connectivity index (χ4n) is 4.80. The Morgan fingerprint density at radius 2 is 1.68 bits per heavy atom. The molecule has 2 aromatic rings. The summed E-state index contributed by atoms with van der Waals surface area (Å²) in [5.74, 6) is 0. The maximum absolute atomic E-state index is 2.57. The first-order valence-electron chi connectivity index (χ1n) is 9.45. The van der Waals surface area contributed by atoms with Crippen LogP contribution in [0.3, 0.4) is 0 Å². The van der Waals surface area contributed by atoms with Crippen molar-refractivity contribution < 1.29 is 0 Å². The van der Waals surface area contributed by atoms with E-state index in [9.17, 15) is 0 Å². The Kier molecular flexibility index (Phi) is 3.71. The van der Waals surface area contributed by atoms with Gasteiger partial charge in [-0.1, -0.05) is 32.0 Å². The summed E-state index contributed by atoms with van der Waals surface area (Å²) in [5.41, 5.74) is 7.13. The van der Waals surface area contributed by atoms with E-state index in [1.807, 2.05) is 0 Å². The zero-order chi connectivity index (χ0) is 17.8. The highest BCUT2D eigenvalue weighted by atomic mass is 15.4. The molecule has 2 aromatic carbocycles. The normalized spacial score (nSPS) is 20.1. The van der Waals surface area contributed by atoms with Crippen LogP contribution in [0.5, 0.6) is 0 Å². The number of benzene rings is 2. The molecule has 132 valence electrons. The molecule has 3 nitrogen and oxygen atoms in total. The Hall–Kier alpha value is -2.16. The van der Waals surface area contributed by atoms with Gasteiger partial charge in [-0.25, -0.2) is 0 Å². The van der Waals surface area contributed by atoms with Crippen LogP contribution < -0.4 is 14.7 Å². The summed E-state index contributed by atoms with van der Waals surface area (Å²) in [7, 11) is 6.50. The molecule has 0 aromatic heterocycles. The number of hydrogen-bond acceptors (Lipinski definition) is 3. The van der Waals surface area contributed by atoms with Gasteiger partial charge in [-0.15, -0.1) is 0 Å². The molecular weight excluding hydrogens is 306 g/mol. The van der Waals surface area contributed by atoms with E-state index < -0.39 is 0 Å². The predicted octanol–water partition coefficient (Wildman–Crippen LogP) is 5.13. The molecule has 1 atom stereocenters. The van der Waals surface area contributed by atoms with E-state index >= 15 is 0 Å². The molecule has 0 saturated heterocycles. The van der Waals surface area contributed by atoms with Crippen LogP contribution >= 0.6 is 0 Å². The number of rotatable bonds is 3. The van der Waals surface area contributed by atoms with Gasteiger partial charge in [0.25, 0.3) is 0 Å². The zero-order valence-corrected chi connectivity index (χ0v) is 16.1. The highest BCUT2D eigenvalue weighted by Crippen LogP contribution is 2.55. The Morgan fingerprint density at radius 3 is 2.32 bits per heavy atom. The smallest absolute Gasteiger partial charge is 0.107 e. The molecule has 0 saturated carbocycles. The molecule has 0 radical (unpaired) electrons. The lowest BCUT2D eigenvalue weighted by Gasteiger charge is -2.47. The van der Waals surface area contributed by atoms with E-state index in [4.69, 9.17) is 0 Å². The molecule has 2 aliphatic rings. The van der Waals surface area contributed by atoms with Gasteiger partial charge in [-0.3, -0.25) is 0 Å². The second-order valence-corrected chi connectivity index (χ2v) is 7.74. The van der Waals surface area contributed by atoms with Gasteiger partial charge < -0.3 is 14.7 Å². The van der Waals surface area contributed by atoms with Crippen molar-refractivity contribution in [3.8, 4) is 0 Å². The van der Waals surface area contributed by atoms with Gasteiger partial charge in [0.15, 0.2) is 0 Å². The van der Waals surface area contributed by atoms with Crippen LogP contribution in [0.4, 0.5) is 22.7 Å². The molecule has 0 unspecified atom stereocenters. The third-order valence-electron chi connectivity index (χ3n) is 6.52. The highest BCUT2D eigenvalue weighted by Gasteiger charge is 2.47. The van der Waals surface area contributed by atoms with Crippen molar-refractivity contribution >= 4 is 22.7 Å². The zero-order valence-electron chi connectivity index (χ0n) is 16.1. The lowest BCUT2D eigenvalue weighted by molar-refractivity contribution is 0.320. The van der Waals surface area contributed by atoms with Crippen molar-refractivity contribution in [2.75, 3.05) is 35.8 Å². The van der Waals surface area contributed by atoms with Gasteiger partial charge in [-0.2, -0.15) is 0 Å². The van der Waals surface area contributed by atoms with Crippen molar-refractivity contribution in [3.05, 3.63) is 48.0 Å². The van der Waals surface area contributed by atoms with Crippen molar-refractivity contribution in [1.29, 1.82) is 0 Å². The lowest BCUT2D eigenvalue weighted by atomic mass is 9.69. The molecule has 0 aliphatic carbocycles. The second-order valence-electron chi connectivity index (χ2n) is 7.74. The number of hydrogen-bond donors (Lipinski definition) is 0. The van der Waals surface area contributed by atoms with Crippen LogP contribution in [0.1, 0.15) is 38.7 Å². The fraction of sp³-hybridized carbons (Fsp3) is 0.455. The van der Waals surface area contributed by atoms with E-state index in [-0.39, 0.29) is 5.41 Å². The molecule has 4 rings (SSSR count). The van der Waals surface area contributed by atoms with Gasteiger partial charge in [0, 0.05) is 37.9 Å². The minimum absolute atomic E-state index is 0.262. The maximum atomic E-state index is 2.57. The highest BCUT2D eigenvalue weighted by molar-refractivity contribution is 5.87. The first-order valence-corrected chi connectivity index (χ1v) is 9.45. The maximum Gasteiger partial charge on any atom is 0.107 e. The van der Waals surface area contributed by atoms with Gasteiger partial charge in [0.2, 0.25) is 0 Å². The van der Waals surface area contributed by atoms with E-state index in [1.165, 1.54) is 47.6 Å². The Balaban J connectivity index is 1.97. The quantitative estimate of drug-likeness (QED) is 0.770. The van der Waals surface area contributed by atoms with Crippen molar-refractivity contribution in [2.45, 2.75) is 44.7 Å². The largest absolute Gasteiger partial charge is 0.378 e. The molecule has 2 aliphatic heterocycles. The molecule has 2 heterocycles. The molecule has 0 fully saturated rings. The summed E-state index contributed by atoms with van der Waals surface area (Å²) in [6, 6.07) is 15.9. The average molecular weight is 335 g/mol. The minimum atomic E-state index is 0.262. The molecular formula is C22H29N3. The van der Waals surface area contributed by atoms with Crippen LogP contribution in [0.15, 0.2) is 42.5 Å². The number of nitrogens with zero attached hydrogens (tertiary/aromatic N) is 3. The summed E-state index contributed by atoms with van der Waals surface area (Å²) in [4.78, 5) is 7.25. The van der Waals surface area contributed by atoms with E-state index in [2.05, 4.69) is 92.2 Å². The van der Waals surface area contributed by atoms with Gasteiger partial charge in [0.1, 0.15) is 6.17 Å². The summed E-state index contributed by atoms with van der Waals surface area (Å²) in [6.07, 6.45) is 3.96. The number of para-hydroxylation sites is 2. The molecule has 25 heavy (non-hydrogen) atoms. The molecule has 0 amide bonds. The first kappa shape index (κ1) is 16.3. The Morgan fingerprint density at radius 1 is 1.00 bits per heavy atom. The lowest BCUT2D eigenvalue weighted by Crippen LogP contribution is -2.49. The van der Waals surface area contributed by atoms with Crippen LogP contribution in [-0.2, 0) is 5.41 Å². The van der Waals surface area contributed by atoms with Gasteiger partial charge in [-0.05, 0) is 49.1 Å². The van der Waals surface area contributed by atoms with Gasteiger partial charge >= 0.3 is 0 Å². The third kappa shape index (κ3) is 2.18. The topological polar surface area (TPSA) is 9.72 Å². The number of fused-ring (bicyclic) bond motifs is 5. The summed E-state index contributed by atoms with van der Waals surface area (Å²) in [6.45, 7) is 4.70. The van der Waals surface area contributed by atoms with Crippen LogP contribution in [0, 0.1) is 0 Å². The SMILES string of the molecule is CCC1(CC)C[C@H]2N(C)c3ccccc3N2c2cc(N(C)C)ccc21. The standard InChI is InChI=1S/C22H29N3/c1-6-22(7-2)15-21-24(5)18-10-8-9-11-19(18)25(21)20-14-16(23(3)4)12-13-17(20)22/h8-14,21H,6-7,15H2,1-5H3/t21-/m0/s1.